The van der Waals surface area contributed by atoms with Crippen molar-refractivity contribution in [3.8, 4) is 16.8 Å². The van der Waals surface area contributed by atoms with Crippen LogP contribution in [0.15, 0.2) is 73.2 Å². The highest BCUT2D eigenvalue weighted by atomic mass is 16.5. The molecule has 0 aliphatic carbocycles. The van der Waals surface area contributed by atoms with Gasteiger partial charge in [0.25, 0.3) is 5.91 Å². The topological polar surface area (TPSA) is 102 Å². The van der Waals surface area contributed by atoms with Gasteiger partial charge in [0.1, 0.15) is 0 Å². The number of amides is 1. The number of rotatable bonds is 9. The normalized spacial score (nSPS) is 10.7. The number of aromatic amines is 1. The van der Waals surface area contributed by atoms with E-state index in [2.05, 4.69) is 25.2 Å². The van der Waals surface area contributed by atoms with Gasteiger partial charge in [-0.05, 0) is 49.1 Å². The summed E-state index contributed by atoms with van der Waals surface area (Å²) in [7, 11) is 1.39. The number of para-hydroxylation sites is 1. The number of carbonyl (C=O) groups excluding carboxylic acids is 2. The molecule has 33 heavy (non-hydrogen) atoms. The van der Waals surface area contributed by atoms with Crippen molar-refractivity contribution in [3.05, 3.63) is 84.4 Å². The number of hydrogen-bond donors (Lipinski definition) is 2. The second-order valence-electron chi connectivity index (χ2n) is 7.57. The van der Waals surface area contributed by atoms with Crippen LogP contribution in [-0.4, -0.2) is 38.7 Å². The predicted molar refractivity (Wildman–Crippen MR) is 125 cm³/mol. The monoisotopic (exact) mass is 443 g/mol. The predicted octanol–water partition coefficient (Wildman–Crippen LogP) is 4.40. The lowest BCUT2D eigenvalue weighted by Crippen LogP contribution is -2.15. The Morgan fingerprint density at radius 2 is 1.91 bits per heavy atom. The summed E-state index contributed by atoms with van der Waals surface area (Å²) in [4.78, 5) is 29.0. The zero-order valence-corrected chi connectivity index (χ0v) is 18.3. The summed E-state index contributed by atoms with van der Waals surface area (Å²) in [5, 5.41) is 9.71. The number of imidazole rings is 1. The fraction of sp³-hybridized carbons (Fsp3) is 0.200. The van der Waals surface area contributed by atoms with E-state index in [-0.39, 0.29) is 11.9 Å². The standard InChI is InChI=1S/C25H25N5O3/c1-33-23(31)13-6-5-10-21-17-30(22-11-3-2-4-12-22)25(28-21)29-24(32)19-9-7-8-18(14-19)20-15-26-27-16-20/h2-4,7-9,11-12,14-17H,5-6,10,13H2,1H3,(H,26,27)(H,28,29,32). The van der Waals surface area contributed by atoms with Gasteiger partial charge in [-0.3, -0.25) is 24.6 Å². The van der Waals surface area contributed by atoms with E-state index in [1.165, 1.54) is 7.11 Å². The maximum atomic E-state index is 13.1. The molecule has 4 aromatic rings. The third-order valence-electron chi connectivity index (χ3n) is 5.26. The molecule has 0 bridgehead atoms. The van der Waals surface area contributed by atoms with Gasteiger partial charge < -0.3 is 4.74 Å². The first-order chi connectivity index (χ1) is 16.1. The number of unbranched alkanes of at least 4 members (excludes halogenated alkanes) is 1. The van der Waals surface area contributed by atoms with Crippen molar-refractivity contribution in [2.24, 2.45) is 0 Å². The van der Waals surface area contributed by atoms with E-state index in [0.717, 1.165) is 28.9 Å². The number of nitrogens with one attached hydrogen (secondary N) is 2. The van der Waals surface area contributed by atoms with Crippen molar-refractivity contribution < 1.29 is 14.3 Å². The second kappa shape index (κ2) is 10.4. The summed E-state index contributed by atoms with van der Waals surface area (Å²) in [6.45, 7) is 0. The Balaban J connectivity index is 1.53. The van der Waals surface area contributed by atoms with Crippen LogP contribution in [0, 0.1) is 0 Å². The van der Waals surface area contributed by atoms with E-state index in [9.17, 15) is 9.59 Å². The van der Waals surface area contributed by atoms with Crippen LogP contribution in [0.2, 0.25) is 0 Å². The van der Waals surface area contributed by atoms with Gasteiger partial charge in [0, 0.05) is 35.6 Å². The molecule has 0 atom stereocenters. The van der Waals surface area contributed by atoms with Gasteiger partial charge >= 0.3 is 5.97 Å². The molecular formula is C25H25N5O3. The number of ether oxygens (including phenoxy) is 1. The van der Waals surface area contributed by atoms with Crippen LogP contribution in [0.3, 0.4) is 0 Å². The summed E-state index contributed by atoms with van der Waals surface area (Å²) < 4.78 is 6.56. The first kappa shape index (κ1) is 22.0. The molecular weight excluding hydrogens is 418 g/mol. The minimum Gasteiger partial charge on any atom is -0.469 e. The third kappa shape index (κ3) is 5.54. The molecule has 0 spiro atoms. The molecule has 8 nitrogen and oxygen atoms in total. The Morgan fingerprint density at radius 1 is 1.06 bits per heavy atom. The number of H-pyrrole nitrogens is 1. The molecule has 2 N–H and O–H groups in total. The number of carbonyl (C=O) groups is 2. The average Bonchev–Trinajstić information content (AvgIpc) is 3.53. The van der Waals surface area contributed by atoms with Gasteiger partial charge in [0.05, 0.1) is 19.0 Å². The van der Waals surface area contributed by atoms with Crippen LogP contribution < -0.4 is 5.32 Å². The number of methoxy groups -OCH3 is 1. The lowest BCUT2D eigenvalue weighted by Gasteiger charge is -2.09. The Hall–Kier alpha value is -4.20. The van der Waals surface area contributed by atoms with Crippen molar-refractivity contribution >= 4 is 17.8 Å². The third-order valence-corrected chi connectivity index (χ3v) is 5.26. The average molecular weight is 444 g/mol. The Bertz CT molecular complexity index is 1220. The maximum absolute atomic E-state index is 13.1. The zero-order valence-electron chi connectivity index (χ0n) is 18.3. The quantitative estimate of drug-likeness (QED) is 0.295. The second-order valence-corrected chi connectivity index (χ2v) is 7.57. The highest BCUT2D eigenvalue weighted by molar-refractivity contribution is 6.04. The molecule has 4 rings (SSSR count). The molecule has 8 heteroatoms. The largest absolute Gasteiger partial charge is 0.469 e. The number of benzene rings is 2. The van der Waals surface area contributed by atoms with Crippen molar-refractivity contribution in [3.63, 3.8) is 0 Å². The Labute approximate surface area is 191 Å². The van der Waals surface area contributed by atoms with Crippen LogP contribution in [0.5, 0.6) is 0 Å². The van der Waals surface area contributed by atoms with E-state index in [1.807, 2.05) is 59.3 Å². The number of aromatic nitrogens is 4. The van der Waals surface area contributed by atoms with Crippen LogP contribution in [0.25, 0.3) is 16.8 Å². The van der Waals surface area contributed by atoms with Gasteiger partial charge in [-0.1, -0.05) is 30.3 Å². The van der Waals surface area contributed by atoms with Crippen molar-refractivity contribution in [1.82, 2.24) is 19.7 Å². The molecule has 0 fully saturated rings. The smallest absolute Gasteiger partial charge is 0.305 e. The minimum absolute atomic E-state index is 0.213. The van der Waals surface area contributed by atoms with E-state index >= 15 is 0 Å². The van der Waals surface area contributed by atoms with Crippen molar-refractivity contribution in [1.29, 1.82) is 0 Å². The lowest BCUT2D eigenvalue weighted by atomic mass is 10.1. The van der Waals surface area contributed by atoms with E-state index in [4.69, 9.17) is 0 Å². The van der Waals surface area contributed by atoms with E-state index in [1.54, 1.807) is 18.5 Å². The SMILES string of the molecule is COC(=O)CCCCc1cn(-c2ccccc2)c(NC(=O)c2cccc(-c3cn[nH]c3)c2)n1. The van der Waals surface area contributed by atoms with Gasteiger partial charge in [-0.25, -0.2) is 4.98 Å². The molecule has 2 aromatic carbocycles. The molecule has 1 amide bonds. The Kier molecular flexibility index (Phi) is 6.94. The molecule has 0 aliphatic heterocycles. The summed E-state index contributed by atoms with van der Waals surface area (Å²) in [5.74, 6) is -0.0151. The van der Waals surface area contributed by atoms with Crippen LogP contribution in [-0.2, 0) is 16.0 Å². The zero-order chi connectivity index (χ0) is 23.0. The maximum Gasteiger partial charge on any atom is 0.305 e. The summed E-state index contributed by atoms with van der Waals surface area (Å²) in [6.07, 6.45) is 8.00. The number of anilines is 1. The molecule has 0 aliphatic rings. The van der Waals surface area contributed by atoms with E-state index < -0.39 is 0 Å². The number of hydrogen-bond acceptors (Lipinski definition) is 5. The molecule has 168 valence electrons. The molecule has 0 radical (unpaired) electrons. The number of esters is 1. The van der Waals surface area contributed by atoms with Crippen molar-refractivity contribution in [2.75, 3.05) is 12.4 Å². The molecule has 0 saturated heterocycles. The molecule has 0 unspecified atom stereocenters. The Morgan fingerprint density at radius 3 is 2.67 bits per heavy atom. The molecule has 2 aromatic heterocycles. The van der Waals surface area contributed by atoms with Crippen LogP contribution >= 0.6 is 0 Å². The first-order valence-electron chi connectivity index (χ1n) is 10.7. The fourth-order valence-electron chi connectivity index (χ4n) is 3.52. The summed E-state index contributed by atoms with van der Waals surface area (Å²) in [5.41, 5.74) is 4.06. The van der Waals surface area contributed by atoms with Crippen LogP contribution in [0.1, 0.15) is 35.3 Å². The number of nitrogens with zero attached hydrogens (tertiary/aromatic N) is 3. The van der Waals surface area contributed by atoms with Gasteiger partial charge in [0.15, 0.2) is 0 Å². The summed E-state index contributed by atoms with van der Waals surface area (Å²) in [6, 6.07) is 17.1. The number of aryl methyl sites for hydroxylation is 1. The fourth-order valence-corrected chi connectivity index (χ4v) is 3.52. The highest BCUT2D eigenvalue weighted by Gasteiger charge is 2.15. The lowest BCUT2D eigenvalue weighted by molar-refractivity contribution is -0.140. The van der Waals surface area contributed by atoms with E-state index in [0.29, 0.717) is 30.8 Å². The molecule has 0 saturated carbocycles. The van der Waals surface area contributed by atoms with Crippen LogP contribution in [0.4, 0.5) is 5.95 Å². The van der Waals surface area contributed by atoms with Crippen molar-refractivity contribution in [2.45, 2.75) is 25.7 Å². The minimum atomic E-state index is -0.250. The molecule has 2 heterocycles. The van der Waals surface area contributed by atoms with Gasteiger partial charge in [0.2, 0.25) is 5.95 Å². The highest BCUT2D eigenvalue weighted by Crippen LogP contribution is 2.22. The summed E-state index contributed by atoms with van der Waals surface area (Å²) >= 11 is 0. The van der Waals surface area contributed by atoms with Gasteiger partial charge in [-0.15, -0.1) is 0 Å². The van der Waals surface area contributed by atoms with Gasteiger partial charge in [-0.2, -0.15) is 5.10 Å². The first-order valence-corrected chi connectivity index (χ1v) is 10.7.